The normalized spacial score (nSPS) is 18.3. The van der Waals surface area contributed by atoms with Crippen LogP contribution < -0.4 is 0 Å². The molecule has 1 saturated carbocycles. The van der Waals surface area contributed by atoms with E-state index in [1.165, 1.54) is 38.8 Å². The molecule has 10 heavy (non-hydrogen) atoms. The van der Waals surface area contributed by atoms with Crippen molar-refractivity contribution in [2.24, 2.45) is 0 Å². The summed E-state index contributed by atoms with van der Waals surface area (Å²) in [6.07, 6.45) is 5.63. The molecule has 0 spiro atoms. The second kappa shape index (κ2) is 3.97. The summed E-state index contributed by atoms with van der Waals surface area (Å²) >= 11 is 0. The number of unbranched alkanes of at least 4 members (excludes halogenated alkanes) is 1. The molecule has 1 aliphatic carbocycles. The fourth-order valence-corrected chi connectivity index (χ4v) is 1.40. The molecule has 1 heteroatoms. The first kappa shape index (κ1) is 8.06. The lowest BCUT2D eigenvalue weighted by Crippen LogP contribution is -2.26. The molecule has 0 saturated heterocycles. The van der Waals surface area contributed by atoms with Gasteiger partial charge in [-0.2, -0.15) is 0 Å². The highest BCUT2D eigenvalue weighted by Gasteiger charge is 2.26. The Labute approximate surface area is 64.4 Å². The van der Waals surface area contributed by atoms with E-state index < -0.39 is 0 Å². The fourth-order valence-electron chi connectivity index (χ4n) is 1.40. The maximum atomic E-state index is 2.61. The molecule has 0 aliphatic heterocycles. The molecule has 0 aromatic heterocycles. The van der Waals surface area contributed by atoms with Crippen LogP contribution in [0.3, 0.4) is 0 Å². The van der Waals surface area contributed by atoms with Gasteiger partial charge in [0.15, 0.2) is 0 Å². The van der Waals surface area contributed by atoms with E-state index in [1.54, 1.807) is 0 Å². The molecule has 1 fully saturated rings. The molecule has 0 unspecified atom stereocenters. The van der Waals surface area contributed by atoms with Crippen molar-refractivity contribution >= 4 is 0 Å². The first-order chi connectivity index (χ1) is 4.88. The molecule has 0 amide bonds. The van der Waals surface area contributed by atoms with E-state index in [4.69, 9.17) is 0 Å². The van der Waals surface area contributed by atoms with E-state index in [2.05, 4.69) is 18.7 Å². The Bertz CT molecular complexity index is 86.7. The average molecular weight is 141 g/mol. The molecular formula is C9H19N. The minimum atomic E-state index is 0.969. The Morgan fingerprint density at radius 2 is 2.00 bits per heavy atom. The van der Waals surface area contributed by atoms with E-state index in [1.807, 2.05) is 0 Å². The maximum Gasteiger partial charge on any atom is 0.00963 e. The van der Waals surface area contributed by atoms with Crippen LogP contribution >= 0.6 is 0 Å². The third kappa shape index (κ3) is 2.30. The molecule has 0 aromatic carbocycles. The Morgan fingerprint density at radius 1 is 1.30 bits per heavy atom. The minimum Gasteiger partial charge on any atom is -0.301 e. The molecule has 0 radical (unpaired) electrons. The van der Waals surface area contributed by atoms with E-state index >= 15 is 0 Å². The summed E-state index contributed by atoms with van der Waals surface area (Å²) in [5.41, 5.74) is 0. The zero-order chi connectivity index (χ0) is 7.40. The van der Waals surface area contributed by atoms with Crippen LogP contribution in [0.2, 0.25) is 0 Å². The van der Waals surface area contributed by atoms with Gasteiger partial charge in [-0.3, -0.25) is 0 Å². The molecule has 0 bridgehead atoms. The highest BCUT2D eigenvalue weighted by atomic mass is 15.2. The summed E-state index contributed by atoms with van der Waals surface area (Å²) in [6, 6.07) is 0.969. The van der Waals surface area contributed by atoms with Crippen LogP contribution in [0.25, 0.3) is 0 Å². The lowest BCUT2D eigenvalue weighted by Gasteiger charge is -2.18. The number of hydrogen-bond acceptors (Lipinski definition) is 1. The van der Waals surface area contributed by atoms with Crippen LogP contribution in [-0.4, -0.2) is 24.0 Å². The SMILES string of the molecule is CCCCN(CC)C1CC1. The van der Waals surface area contributed by atoms with Gasteiger partial charge < -0.3 is 4.90 Å². The topological polar surface area (TPSA) is 3.24 Å². The van der Waals surface area contributed by atoms with Gasteiger partial charge in [-0.25, -0.2) is 0 Å². The lowest BCUT2D eigenvalue weighted by molar-refractivity contribution is 0.273. The van der Waals surface area contributed by atoms with Crippen LogP contribution in [0.5, 0.6) is 0 Å². The van der Waals surface area contributed by atoms with E-state index in [0.717, 1.165) is 6.04 Å². The Balaban J connectivity index is 2.07. The van der Waals surface area contributed by atoms with Crippen molar-refractivity contribution in [1.29, 1.82) is 0 Å². The van der Waals surface area contributed by atoms with E-state index in [-0.39, 0.29) is 0 Å². The zero-order valence-electron chi connectivity index (χ0n) is 7.27. The molecule has 1 nitrogen and oxygen atoms in total. The standard InChI is InChI=1S/C9H19N/c1-3-5-8-10(4-2)9-6-7-9/h9H,3-8H2,1-2H3. The molecule has 0 aromatic rings. The first-order valence-electron chi connectivity index (χ1n) is 4.62. The van der Waals surface area contributed by atoms with Gasteiger partial charge in [0, 0.05) is 6.04 Å². The van der Waals surface area contributed by atoms with Crippen molar-refractivity contribution in [2.45, 2.75) is 45.6 Å². The van der Waals surface area contributed by atoms with Crippen molar-refractivity contribution in [3.05, 3.63) is 0 Å². The molecule has 0 N–H and O–H groups in total. The number of rotatable bonds is 5. The van der Waals surface area contributed by atoms with E-state index in [0.29, 0.717) is 0 Å². The number of hydrogen-bond donors (Lipinski definition) is 0. The molecular weight excluding hydrogens is 122 g/mol. The first-order valence-corrected chi connectivity index (χ1v) is 4.62. The maximum absolute atomic E-state index is 2.61. The van der Waals surface area contributed by atoms with E-state index in [9.17, 15) is 0 Å². The molecule has 1 rings (SSSR count). The van der Waals surface area contributed by atoms with Gasteiger partial charge in [0.05, 0.1) is 0 Å². The monoisotopic (exact) mass is 141 g/mol. The van der Waals surface area contributed by atoms with Gasteiger partial charge >= 0.3 is 0 Å². The van der Waals surface area contributed by atoms with Crippen molar-refractivity contribution < 1.29 is 0 Å². The predicted molar refractivity (Wildman–Crippen MR) is 45.2 cm³/mol. The molecule has 0 heterocycles. The van der Waals surface area contributed by atoms with Crippen LogP contribution in [0.4, 0.5) is 0 Å². The third-order valence-corrected chi connectivity index (χ3v) is 2.27. The minimum absolute atomic E-state index is 0.969. The van der Waals surface area contributed by atoms with Crippen molar-refractivity contribution in [3.8, 4) is 0 Å². The van der Waals surface area contributed by atoms with Crippen molar-refractivity contribution in [1.82, 2.24) is 4.90 Å². The highest BCUT2D eigenvalue weighted by Crippen LogP contribution is 2.26. The van der Waals surface area contributed by atoms with Gasteiger partial charge in [0.1, 0.15) is 0 Å². The quantitative estimate of drug-likeness (QED) is 0.567. The summed E-state index contributed by atoms with van der Waals surface area (Å²) in [7, 11) is 0. The van der Waals surface area contributed by atoms with Crippen LogP contribution in [-0.2, 0) is 0 Å². The van der Waals surface area contributed by atoms with Gasteiger partial charge in [-0.05, 0) is 32.4 Å². The smallest absolute Gasteiger partial charge is 0.00963 e. The summed E-state index contributed by atoms with van der Waals surface area (Å²) in [6.45, 7) is 7.12. The summed E-state index contributed by atoms with van der Waals surface area (Å²) in [5, 5.41) is 0. The van der Waals surface area contributed by atoms with Gasteiger partial charge in [0.25, 0.3) is 0 Å². The Hall–Kier alpha value is -0.0400. The fraction of sp³-hybridized carbons (Fsp3) is 1.00. The molecule has 0 atom stereocenters. The average Bonchev–Trinajstić information content (AvgIpc) is 2.73. The predicted octanol–water partition coefficient (Wildman–Crippen LogP) is 2.27. The zero-order valence-corrected chi connectivity index (χ0v) is 7.27. The summed E-state index contributed by atoms with van der Waals surface area (Å²) < 4.78 is 0. The van der Waals surface area contributed by atoms with Crippen LogP contribution in [0, 0.1) is 0 Å². The second-order valence-corrected chi connectivity index (χ2v) is 3.21. The van der Waals surface area contributed by atoms with Crippen molar-refractivity contribution in [3.63, 3.8) is 0 Å². The largest absolute Gasteiger partial charge is 0.301 e. The highest BCUT2D eigenvalue weighted by molar-refractivity contribution is 4.83. The van der Waals surface area contributed by atoms with Gasteiger partial charge in [-0.15, -0.1) is 0 Å². The van der Waals surface area contributed by atoms with Crippen LogP contribution in [0.15, 0.2) is 0 Å². The lowest BCUT2D eigenvalue weighted by atomic mass is 10.3. The molecule has 1 aliphatic rings. The molecule has 60 valence electrons. The Morgan fingerprint density at radius 3 is 2.40 bits per heavy atom. The Kier molecular flexibility index (Phi) is 3.20. The second-order valence-electron chi connectivity index (χ2n) is 3.21. The number of nitrogens with zero attached hydrogens (tertiary/aromatic N) is 1. The van der Waals surface area contributed by atoms with Crippen molar-refractivity contribution in [2.75, 3.05) is 13.1 Å². The van der Waals surface area contributed by atoms with Gasteiger partial charge in [0.2, 0.25) is 0 Å². The summed E-state index contributed by atoms with van der Waals surface area (Å²) in [4.78, 5) is 2.61. The third-order valence-electron chi connectivity index (χ3n) is 2.27. The van der Waals surface area contributed by atoms with Gasteiger partial charge in [-0.1, -0.05) is 20.3 Å². The summed E-state index contributed by atoms with van der Waals surface area (Å²) in [5.74, 6) is 0. The van der Waals surface area contributed by atoms with Crippen LogP contribution in [0.1, 0.15) is 39.5 Å².